The predicted molar refractivity (Wildman–Crippen MR) is 63.3 cm³/mol. The molecule has 96 valence electrons. The number of benzene rings is 1. The first-order valence-electron chi connectivity index (χ1n) is 5.35. The Balaban J connectivity index is 1.99. The molecule has 2 N–H and O–H groups in total. The van der Waals surface area contributed by atoms with Gasteiger partial charge in [-0.3, -0.25) is 5.10 Å². The molecule has 0 unspecified atom stereocenters. The Morgan fingerprint density at radius 2 is 2.26 bits per heavy atom. The molecule has 8 nitrogen and oxygen atoms in total. The molecule has 0 aliphatic carbocycles. The number of H-pyrrole nitrogens is 1. The maximum Gasteiger partial charge on any atom is 0.258 e. The van der Waals surface area contributed by atoms with Crippen LogP contribution < -0.4 is 4.74 Å². The summed E-state index contributed by atoms with van der Waals surface area (Å²) in [6.07, 6.45) is 1.36. The molecule has 2 heterocycles. The Hall–Kier alpha value is -2.90. The third kappa shape index (κ3) is 1.99. The number of nitrogens with one attached hydrogen (secondary N) is 1. The first-order chi connectivity index (χ1) is 9.28. The van der Waals surface area contributed by atoms with Crippen molar-refractivity contribution in [2.45, 2.75) is 0 Å². The largest absolute Gasteiger partial charge is 0.504 e. The predicted octanol–water partition coefficient (Wildman–Crippen LogP) is 1.24. The first-order valence-corrected chi connectivity index (χ1v) is 5.35. The molecule has 0 atom stereocenters. The summed E-state index contributed by atoms with van der Waals surface area (Å²) in [5.74, 6) is 1.39. The van der Waals surface area contributed by atoms with E-state index in [9.17, 15) is 5.11 Å². The van der Waals surface area contributed by atoms with Crippen molar-refractivity contribution in [1.29, 1.82) is 0 Å². The van der Waals surface area contributed by atoms with Crippen LogP contribution in [0.3, 0.4) is 0 Å². The van der Waals surface area contributed by atoms with Crippen LogP contribution in [-0.4, -0.2) is 37.5 Å². The molecule has 0 aliphatic rings. The lowest BCUT2D eigenvalue weighted by Gasteiger charge is -2.03. The average Bonchev–Trinajstić information content (AvgIpc) is 3.10. The van der Waals surface area contributed by atoms with E-state index in [4.69, 9.17) is 9.26 Å². The number of aromatic amines is 1. The van der Waals surface area contributed by atoms with E-state index in [0.29, 0.717) is 28.9 Å². The van der Waals surface area contributed by atoms with Crippen LogP contribution in [0, 0.1) is 0 Å². The molecule has 1 aromatic carbocycles. The summed E-state index contributed by atoms with van der Waals surface area (Å²) in [6, 6.07) is 4.75. The van der Waals surface area contributed by atoms with Gasteiger partial charge in [-0.1, -0.05) is 5.16 Å². The lowest BCUT2D eigenvalue weighted by atomic mass is 10.2. The number of hydrogen-bond donors (Lipinski definition) is 2. The molecule has 0 aliphatic heterocycles. The van der Waals surface area contributed by atoms with Crippen molar-refractivity contribution in [1.82, 2.24) is 25.3 Å². The van der Waals surface area contributed by atoms with Crippen molar-refractivity contribution in [3.8, 4) is 34.6 Å². The van der Waals surface area contributed by atoms with Crippen LogP contribution in [0.15, 0.2) is 29.0 Å². The minimum absolute atomic E-state index is 0.0428. The molecule has 0 spiro atoms. The van der Waals surface area contributed by atoms with E-state index in [1.165, 1.54) is 19.5 Å². The van der Waals surface area contributed by atoms with Crippen molar-refractivity contribution < 1.29 is 14.4 Å². The number of phenols is 1. The average molecular weight is 259 g/mol. The molecule has 3 aromatic rings. The molecule has 2 aromatic heterocycles. The first kappa shape index (κ1) is 11.2. The van der Waals surface area contributed by atoms with Crippen LogP contribution in [0.4, 0.5) is 0 Å². The number of ether oxygens (including phenoxy) is 1. The fourth-order valence-electron chi connectivity index (χ4n) is 1.56. The van der Waals surface area contributed by atoms with Gasteiger partial charge in [0, 0.05) is 5.56 Å². The highest BCUT2D eigenvalue weighted by atomic mass is 16.5. The van der Waals surface area contributed by atoms with Crippen molar-refractivity contribution in [3.05, 3.63) is 24.5 Å². The summed E-state index contributed by atoms with van der Waals surface area (Å²) in [7, 11) is 1.46. The standard InChI is InChI=1S/C11H9N5O3/c1-18-8-4-6(2-3-7(8)17)11-14-10(16-19-11)9-12-5-13-15-9/h2-5,17H,1H3,(H,12,13,15). The Morgan fingerprint density at radius 3 is 3.00 bits per heavy atom. The van der Waals surface area contributed by atoms with E-state index in [1.54, 1.807) is 12.1 Å². The summed E-state index contributed by atoms with van der Waals surface area (Å²) in [5.41, 5.74) is 0.632. The zero-order valence-corrected chi connectivity index (χ0v) is 9.86. The summed E-state index contributed by atoms with van der Waals surface area (Å²) in [4.78, 5) is 8.10. The Morgan fingerprint density at radius 1 is 1.37 bits per heavy atom. The number of nitrogens with zero attached hydrogens (tertiary/aromatic N) is 4. The number of hydrogen-bond acceptors (Lipinski definition) is 7. The topological polar surface area (TPSA) is 110 Å². The van der Waals surface area contributed by atoms with Crippen LogP contribution >= 0.6 is 0 Å². The Bertz CT molecular complexity index is 692. The van der Waals surface area contributed by atoms with Gasteiger partial charge in [-0.05, 0) is 18.2 Å². The molecule has 8 heteroatoms. The van der Waals surface area contributed by atoms with Gasteiger partial charge in [0.25, 0.3) is 5.89 Å². The fourth-order valence-corrected chi connectivity index (χ4v) is 1.56. The highest BCUT2D eigenvalue weighted by Gasteiger charge is 2.14. The number of phenolic OH excluding ortho intramolecular Hbond substituents is 1. The lowest BCUT2D eigenvalue weighted by Crippen LogP contribution is -1.86. The number of aromatic nitrogens is 5. The molecular weight excluding hydrogens is 250 g/mol. The molecule has 3 rings (SSSR count). The number of rotatable bonds is 3. The molecule has 0 saturated heterocycles. The molecule has 0 radical (unpaired) electrons. The van der Waals surface area contributed by atoms with Gasteiger partial charge in [0.05, 0.1) is 7.11 Å². The van der Waals surface area contributed by atoms with Gasteiger partial charge in [0.1, 0.15) is 6.33 Å². The van der Waals surface area contributed by atoms with E-state index in [-0.39, 0.29) is 5.75 Å². The highest BCUT2D eigenvalue weighted by molar-refractivity contribution is 5.60. The van der Waals surface area contributed by atoms with Crippen LogP contribution in [0.1, 0.15) is 0 Å². The van der Waals surface area contributed by atoms with Crippen molar-refractivity contribution in [2.75, 3.05) is 7.11 Å². The van der Waals surface area contributed by atoms with Crippen LogP contribution in [0.25, 0.3) is 23.1 Å². The second kappa shape index (κ2) is 4.41. The van der Waals surface area contributed by atoms with Gasteiger partial charge in [0.2, 0.25) is 5.82 Å². The maximum atomic E-state index is 9.52. The third-order valence-electron chi connectivity index (χ3n) is 2.48. The summed E-state index contributed by atoms with van der Waals surface area (Å²) < 4.78 is 10.1. The number of methoxy groups -OCH3 is 1. The second-order valence-corrected chi connectivity index (χ2v) is 3.64. The monoisotopic (exact) mass is 259 g/mol. The molecular formula is C11H9N5O3. The molecule has 0 amide bonds. The molecule has 19 heavy (non-hydrogen) atoms. The zero-order valence-electron chi connectivity index (χ0n) is 9.86. The van der Waals surface area contributed by atoms with Crippen molar-refractivity contribution >= 4 is 0 Å². The smallest absolute Gasteiger partial charge is 0.258 e. The lowest BCUT2D eigenvalue weighted by molar-refractivity contribution is 0.373. The second-order valence-electron chi connectivity index (χ2n) is 3.64. The number of aromatic hydroxyl groups is 1. The van der Waals surface area contributed by atoms with Crippen LogP contribution in [0.5, 0.6) is 11.5 Å². The van der Waals surface area contributed by atoms with Gasteiger partial charge in [-0.2, -0.15) is 10.1 Å². The van der Waals surface area contributed by atoms with E-state index in [2.05, 4.69) is 25.3 Å². The fraction of sp³-hybridized carbons (Fsp3) is 0.0909. The Kier molecular flexibility index (Phi) is 2.60. The van der Waals surface area contributed by atoms with Crippen LogP contribution in [0.2, 0.25) is 0 Å². The normalized spacial score (nSPS) is 10.6. The van der Waals surface area contributed by atoms with Gasteiger partial charge in [-0.25, -0.2) is 4.98 Å². The third-order valence-corrected chi connectivity index (χ3v) is 2.48. The molecule has 0 saturated carbocycles. The van der Waals surface area contributed by atoms with Gasteiger partial charge in [-0.15, -0.1) is 0 Å². The van der Waals surface area contributed by atoms with Crippen molar-refractivity contribution in [2.24, 2.45) is 0 Å². The van der Waals surface area contributed by atoms with E-state index >= 15 is 0 Å². The minimum atomic E-state index is 0.0428. The van der Waals surface area contributed by atoms with Crippen LogP contribution in [-0.2, 0) is 0 Å². The van der Waals surface area contributed by atoms with Gasteiger partial charge < -0.3 is 14.4 Å². The Labute approximate surface area is 107 Å². The maximum absolute atomic E-state index is 9.52. The summed E-state index contributed by atoms with van der Waals surface area (Å²) >= 11 is 0. The zero-order chi connectivity index (χ0) is 13.2. The highest BCUT2D eigenvalue weighted by Crippen LogP contribution is 2.31. The molecule has 0 fully saturated rings. The summed E-state index contributed by atoms with van der Waals surface area (Å²) in [6.45, 7) is 0. The van der Waals surface area contributed by atoms with Gasteiger partial charge >= 0.3 is 0 Å². The SMILES string of the molecule is COc1cc(-c2nc(-c3ncn[nH]3)no2)ccc1O. The van der Waals surface area contributed by atoms with Crippen molar-refractivity contribution in [3.63, 3.8) is 0 Å². The minimum Gasteiger partial charge on any atom is -0.504 e. The quantitative estimate of drug-likeness (QED) is 0.727. The molecule has 0 bridgehead atoms. The van der Waals surface area contributed by atoms with E-state index in [1.807, 2.05) is 0 Å². The summed E-state index contributed by atoms with van der Waals surface area (Å²) in [5, 5.41) is 19.7. The van der Waals surface area contributed by atoms with Gasteiger partial charge in [0.15, 0.2) is 17.3 Å². The van der Waals surface area contributed by atoms with E-state index in [0.717, 1.165) is 0 Å². The van der Waals surface area contributed by atoms with E-state index < -0.39 is 0 Å².